The van der Waals surface area contributed by atoms with Crippen LogP contribution in [0.2, 0.25) is 0 Å². The first kappa shape index (κ1) is 23.4. The number of amides is 2. The molecule has 1 aliphatic heterocycles. The molecule has 0 bridgehead atoms. The molecular formula is C23H32N4O3S. The number of aryl methyl sites for hydroxylation is 1. The summed E-state index contributed by atoms with van der Waals surface area (Å²) >= 11 is 1.60. The Bertz CT molecular complexity index is 935. The van der Waals surface area contributed by atoms with E-state index in [0.717, 1.165) is 21.7 Å². The fourth-order valence-electron chi connectivity index (χ4n) is 3.75. The standard InChI is InChI=1S/C23H32N4O3S/c1-13(15-6-8-16(9-7-15)19-14(2)25-12-31-19)26-21(29)18-10-17(28)11-27(18)22(30)20(24)23(3,4)5/h6-9,12-13,17-18,20,28H,10-11,24H2,1-5H3,(H,26,29)/t13-,17-,18?,20+/m0/s1. The van der Waals surface area contributed by atoms with Gasteiger partial charge in [0.1, 0.15) is 6.04 Å². The first-order valence-corrected chi connectivity index (χ1v) is 11.4. The van der Waals surface area contributed by atoms with E-state index >= 15 is 0 Å². The van der Waals surface area contributed by atoms with Crippen LogP contribution in [0, 0.1) is 12.3 Å². The maximum Gasteiger partial charge on any atom is 0.243 e. The van der Waals surface area contributed by atoms with Crippen molar-refractivity contribution in [2.24, 2.45) is 11.1 Å². The number of aliphatic hydroxyl groups excluding tert-OH is 1. The van der Waals surface area contributed by atoms with Gasteiger partial charge in [0, 0.05) is 13.0 Å². The smallest absolute Gasteiger partial charge is 0.243 e. The number of hydrogen-bond donors (Lipinski definition) is 3. The molecule has 0 spiro atoms. The van der Waals surface area contributed by atoms with E-state index in [1.165, 1.54) is 4.90 Å². The van der Waals surface area contributed by atoms with Crippen LogP contribution in [0.5, 0.6) is 0 Å². The number of benzene rings is 1. The molecule has 0 aliphatic carbocycles. The van der Waals surface area contributed by atoms with Gasteiger partial charge in [-0.05, 0) is 30.4 Å². The van der Waals surface area contributed by atoms with Crippen LogP contribution in [-0.2, 0) is 9.59 Å². The van der Waals surface area contributed by atoms with Crippen molar-refractivity contribution >= 4 is 23.2 Å². The van der Waals surface area contributed by atoms with Crippen molar-refractivity contribution in [3.8, 4) is 10.4 Å². The van der Waals surface area contributed by atoms with Crippen molar-refractivity contribution in [1.29, 1.82) is 0 Å². The Morgan fingerprint density at radius 1 is 1.29 bits per heavy atom. The number of aliphatic hydroxyl groups is 1. The van der Waals surface area contributed by atoms with Crippen LogP contribution in [0.4, 0.5) is 0 Å². The number of thiazole rings is 1. The minimum atomic E-state index is -0.742. The van der Waals surface area contributed by atoms with Crippen LogP contribution in [0.15, 0.2) is 29.8 Å². The van der Waals surface area contributed by atoms with Gasteiger partial charge in [0.2, 0.25) is 11.8 Å². The molecule has 7 nitrogen and oxygen atoms in total. The molecular weight excluding hydrogens is 412 g/mol. The lowest BCUT2D eigenvalue weighted by molar-refractivity contribution is -0.141. The third-order valence-corrected chi connectivity index (χ3v) is 6.82. The number of carbonyl (C=O) groups is 2. The summed E-state index contributed by atoms with van der Waals surface area (Å²) in [6.45, 7) is 9.67. The summed E-state index contributed by atoms with van der Waals surface area (Å²) in [5.74, 6) is -0.581. The fourth-order valence-corrected chi connectivity index (χ4v) is 4.56. The molecule has 1 aromatic heterocycles. The van der Waals surface area contributed by atoms with Crippen molar-refractivity contribution < 1.29 is 14.7 Å². The molecule has 2 amide bonds. The average molecular weight is 445 g/mol. The van der Waals surface area contributed by atoms with Crippen molar-refractivity contribution in [2.75, 3.05) is 6.54 Å². The molecule has 1 saturated heterocycles. The predicted octanol–water partition coefficient (Wildman–Crippen LogP) is 2.63. The number of β-amino-alcohol motifs (C(OH)–C–C–N with tert-alkyl or cyclic N) is 1. The first-order chi connectivity index (χ1) is 14.5. The maximum absolute atomic E-state index is 13.0. The van der Waals surface area contributed by atoms with E-state index in [-0.39, 0.29) is 30.8 Å². The zero-order valence-corrected chi connectivity index (χ0v) is 19.6. The van der Waals surface area contributed by atoms with Gasteiger partial charge >= 0.3 is 0 Å². The van der Waals surface area contributed by atoms with Gasteiger partial charge < -0.3 is 21.1 Å². The number of rotatable bonds is 5. The van der Waals surface area contributed by atoms with E-state index in [1.807, 2.05) is 64.4 Å². The van der Waals surface area contributed by atoms with E-state index in [0.29, 0.717) is 0 Å². The Labute approximate surface area is 187 Å². The highest BCUT2D eigenvalue weighted by atomic mass is 32.1. The second kappa shape index (κ2) is 9.06. The monoisotopic (exact) mass is 444 g/mol. The zero-order chi connectivity index (χ0) is 22.9. The van der Waals surface area contributed by atoms with Crippen LogP contribution >= 0.6 is 11.3 Å². The van der Waals surface area contributed by atoms with Crippen LogP contribution in [0.3, 0.4) is 0 Å². The summed E-state index contributed by atoms with van der Waals surface area (Å²) in [7, 11) is 0. The molecule has 1 aliphatic rings. The second-order valence-electron chi connectivity index (χ2n) is 9.36. The summed E-state index contributed by atoms with van der Waals surface area (Å²) in [6, 6.07) is 6.32. The van der Waals surface area contributed by atoms with Gasteiger partial charge in [0.05, 0.1) is 34.3 Å². The van der Waals surface area contributed by atoms with Gasteiger partial charge in [-0.3, -0.25) is 9.59 Å². The Morgan fingerprint density at radius 3 is 2.48 bits per heavy atom. The Kier molecular flexibility index (Phi) is 6.83. The van der Waals surface area contributed by atoms with E-state index in [4.69, 9.17) is 5.73 Å². The summed E-state index contributed by atoms with van der Waals surface area (Å²) in [5, 5.41) is 13.1. The number of nitrogens with one attached hydrogen (secondary N) is 1. The number of hydrogen-bond acceptors (Lipinski definition) is 6. The van der Waals surface area contributed by atoms with Gasteiger partial charge in [-0.25, -0.2) is 4.98 Å². The minimum absolute atomic E-state index is 0.123. The minimum Gasteiger partial charge on any atom is -0.391 e. The van der Waals surface area contributed by atoms with Gasteiger partial charge in [-0.15, -0.1) is 11.3 Å². The quantitative estimate of drug-likeness (QED) is 0.657. The lowest BCUT2D eigenvalue weighted by atomic mass is 9.86. The average Bonchev–Trinajstić information content (AvgIpc) is 3.31. The molecule has 0 radical (unpaired) electrons. The third-order valence-electron chi connectivity index (χ3n) is 5.84. The van der Waals surface area contributed by atoms with Gasteiger partial charge in [-0.1, -0.05) is 45.0 Å². The van der Waals surface area contributed by atoms with E-state index in [1.54, 1.807) is 11.3 Å². The van der Waals surface area contributed by atoms with Crippen molar-refractivity contribution in [3.63, 3.8) is 0 Å². The van der Waals surface area contributed by atoms with Crippen LogP contribution in [0.25, 0.3) is 10.4 Å². The van der Waals surface area contributed by atoms with Crippen molar-refractivity contribution in [1.82, 2.24) is 15.2 Å². The highest BCUT2D eigenvalue weighted by Gasteiger charge is 2.42. The summed E-state index contributed by atoms with van der Waals surface area (Å²) in [4.78, 5) is 32.7. The van der Waals surface area contributed by atoms with E-state index < -0.39 is 23.6 Å². The van der Waals surface area contributed by atoms with Crippen LogP contribution in [0.1, 0.15) is 51.4 Å². The summed E-state index contributed by atoms with van der Waals surface area (Å²) < 4.78 is 0. The molecule has 0 saturated carbocycles. The molecule has 1 fully saturated rings. The van der Waals surface area contributed by atoms with Crippen molar-refractivity contribution in [3.05, 3.63) is 41.0 Å². The second-order valence-corrected chi connectivity index (χ2v) is 10.2. The van der Waals surface area contributed by atoms with Crippen LogP contribution < -0.4 is 11.1 Å². The maximum atomic E-state index is 13.0. The number of nitrogens with two attached hydrogens (primary N) is 1. The highest BCUT2D eigenvalue weighted by Crippen LogP contribution is 2.29. The molecule has 1 unspecified atom stereocenters. The largest absolute Gasteiger partial charge is 0.391 e. The topological polar surface area (TPSA) is 109 Å². The highest BCUT2D eigenvalue weighted by molar-refractivity contribution is 7.13. The molecule has 4 atom stereocenters. The zero-order valence-electron chi connectivity index (χ0n) is 18.8. The van der Waals surface area contributed by atoms with E-state index in [2.05, 4.69) is 10.3 Å². The number of likely N-dealkylation sites (tertiary alicyclic amines) is 1. The Balaban J connectivity index is 1.69. The summed E-state index contributed by atoms with van der Waals surface area (Å²) in [6.07, 6.45) is -0.519. The molecule has 8 heteroatoms. The number of nitrogens with zero attached hydrogens (tertiary/aromatic N) is 2. The predicted molar refractivity (Wildman–Crippen MR) is 122 cm³/mol. The fraction of sp³-hybridized carbons (Fsp3) is 0.522. The molecule has 168 valence electrons. The first-order valence-electron chi connectivity index (χ1n) is 10.5. The van der Waals surface area contributed by atoms with E-state index in [9.17, 15) is 14.7 Å². The SMILES string of the molecule is Cc1ncsc1-c1ccc([C@H](C)NC(=O)C2C[C@H](O)CN2C(=O)[C@@H](N)C(C)(C)C)cc1. The molecule has 2 aromatic rings. The van der Waals surface area contributed by atoms with Crippen LogP contribution in [-0.4, -0.2) is 51.5 Å². The molecule has 4 N–H and O–H groups in total. The lowest BCUT2D eigenvalue weighted by Crippen LogP contribution is -2.55. The van der Waals surface area contributed by atoms with Crippen molar-refractivity contribution in [2.45, 2.75) is 65.3 Å². The molecule has 3 rings (SSSR count). The lowest BCUT2D eigenvalue weighted by Gasteiger charge is -2.32. The molecule has 31 heavy (non-hydrogen) atoms. The van der Waals surface area contributed by atoms with Gasteiger partial charge in [-0.2, -0.15) is 0 Å². The Morgan fingerprint density at radius 2 is 1.94 bits per heavy atom. The molecule has 2 heterocycles. The van der Waals surface area contributed by atoms with Gasteiger partial charge in [0.15, 0.2) is 0 Å². The molecule has 1 aromatic carbocycles. The summed E-state index contributed by atoms with van der Waals surface area (Å²) in [5.41, 5.74) is 10.6. The number of carbonyl (C=O) groups excluding carboxylic acids is 2. The third kappa shape index (κ3) is 5.14. The number of aromatic nitrogens is 1. The normalized spacial score (nSPS) is 21.1. The Hall–Kier alpha value is -2.29. The van der Waals surface area contributed by atoms with Gasteiger partial charge in [0.25, 0.3) is 0 Å².